The van der Waals surface area contributed by atoms with Gasteiger partial charge in [-0.05, 0) is 67.7 Å². The molecule has 2 aromatic carbocycles. The lowest BCUT2D eigenvalue weighted by Crippen LogP contribution is -2.28. The lowest BCUT2D eigenvalue weighted by molar-refractivity contribution is -0.119. The summed E-state index contributed by atoms with van der Waals surface area (Å²) >= 11 is 1.48. The molecular formula is C26H30N4OS. The summed E-state index contributed by atoms with van der Waals surface area (Å²) in [5.74, 6) is 1.94. The van der Waals surface area contributed by atoms with E-state index in [1.165, 1.54) is 66.1 Å². The summed E-state index contributed by atoms with van der Waals surface area (Å²) in [7, 11) is 0. The lowest BCUT2D eigenvalue weighted by atomic mass is 9.89. The molecule has 0 unspecified atom stereocenters. The zero-order valence-corrected chi connectivity index (χ0v) is 19.4. The Morgan fingerprint density at radius 3 is 2.66 bits per heavy atom. The molecule has 166 valence electrons. The number of carbonyl (C=O) groups excluding carboxylic acids is 1. The van der Waals surface area contributed by atoms with E-state index < -0.39 is 0 Å². The monoisotopic (exact) mass is 446 g/mol. The van der Waals surface area contributed by atoms with Crippen molar-refractivity contribution in [2.75, 3.05) is 5.75 Å². The summed E-state index contributed by atoms with van der Waals surface area (Å²) in [5.41, 5.74) is 5.33. The van der Waals surface area contributed by atoms with Crippen LogP contribution in [0.4, 0.5) is 0 Å². The number of thioether (sulfide) groups is 1. The summed E-state index contributed by atoms with van der Waals surface area (Å²) in [6, 6.07) is 17.1. The third-order valence-corrected chi connectivity index (χ3v) is 7.42. The quantitative estimate of drug-likeness (QED) is 0.492. The molecule has 0 bridgehead atoms. The van der Waals surface area contributed by atoms with Crippen LogP contribution in [0, 0.1) is 0 Å². The Bertz CT molecular complexity index is 1090. The largest absolute Gasteiger partial charge is 0.349 e. The number of fused-ring (bicyclic) bond motifs is 1. The van der Waals surface area contributed by atoms with Crippen molar-refractivity contribution in [1.29, 1.82) is 0 Å². The van der Waals surface area contributed by atoms with Gasteiger partial charge in [0.1, 0.15) is 5.82 Å². The topological polar surface area (TPSA) is 59.8 Å². The molecule has 1 atom stereocenters. The number of aromatic nitrogens is 3. The molecule has 1 amide bonds. The fraction of sp³-hybridized carbons (Fsp3) is 0.423. The van der Waals surface area contributed by atoms with Gasteiger partial charge in [0.2, 0.25) is 5.91 Å². The maximum atomic E-state index is 12.7. The van der Waals surface area contributed by atoms with Crippen molar-refractivity contribution in [1.82, 2.24) is 20.1 Å². The van der Waals surface area contributed by atoms with Gasteiger partial charge in [0.25, 0.3) is 0 Å². The van der Waals surface area contributed by atoms with Crippen LogP contribution < -0.4 is 5.32 Å². The fourth-order valence-corrected chi connectivity index (χ4v) is 5.24. The number of aryl methyl sites for hydroxylation is 2. The van der Waals surface area contributed by atoms with E-state index in [0.717, 1.165) is 23.9 Å². The summed E-state index contributed by atoms with van der Waals surface area (Å²) in [6.07, 6.45) is 7.24. The molecule has 1 N–H and O–H groups in total. The first kappa shape index (κ1) is 21.3. The van der Waals surface area contributed by atoms with Crippen LogP contribution in [-0.4, -0.2) is 26.4 Å². The number of benzene rings is 2. The summed E-state index contributed by atoms with van der Waals surface area (Å²) < 4.78 is 2.19. The van der Waals surface area contributed by atoms with E-state index in [-0.39, 0.29) is 11.9 Å². The van der Waals surface area contributed by atoms with Gasteiger partial charge in [0.15, 0.2) is 5.16 Å². The van der Waals surface area contributed by atoms with Crippen LogP contribution in [0.2, 0.25) is 0 Å². The van der Waals surface area contributed by atoms with E-state index in [1.54, 1.807) is 0 Å². The van der Waals surface area contributed by atoms with Crippen LogP contribution in [0.15, 0.2) is 53.7 Å². The number of hydrogen-bond acceptors (Lipinski definition) is 4. The molecule has 2 aliphatic rings. The van der Waals surface area contributed by atoms with Crippen molar-refractivity contribution in [3.8, 4) is 0 Å². The Kier molecular flexibility index (Phi) is 6.30. The number of hydrogen-bond donors (Lipinski definition) is 1. The molecule has 3 aromatic rings. The molecule has 0 saturated heterocycles. The fourth-order valence-electron chi connectivity index (χ4n) is 4.48. The molecule has 6 heteroatoms. The Morgan fingerprint density at radius 2 is 1.88 bits per heavy atom. The highest BCUT2D eigenvalue weighted by molar-refractivity contribution is 7.99. The van der Waals surface area contributed by atoms with Gasteiger partial charge in [-0.25, -0.2) is 0 Å². The van der Waals surface area contributed by atoms with Gasteiger partial charge in [-0.15, -0.1) is 10.2 Å². The molecule has 5 nitrogen and oxygen atoms in total. The van der Waals surface area contributed by atoms with Crippen LogP contribution in [0.5, 0.6) is 0 Å². The number of nitrogens with one attached hydrogen (secondary N) is 1. The van der Waals surface area contributed by atoms with Gasteiger partial charge in [-0.3, -0.25) is 4.79 Å². The number of carbonyl (C=O) groups is 1. The molecule has 1 heterocycles. The molecule has 32 heavy (non-hydrogen) atoms. The van der Waals surface area contributed by atoms with Crippen molar-refractivity contribution < 1.29 is 4.79 Å². The Hall–Kier alpha value is -2.60. The molecule has 1 fully saturated rings. The van der Waals surface area contributed by atoms with Crippen LogP contribution in [-0.2, 0) is 24.2 Å². The normalized spacial score (nSPS) is 16.4. The van der Waals surface area contributed by atoms with Crippen molar-refractivity contribution in [2.45, 2.75) is 69.1 Å². The second-order valence-electron chi connectivity index (χ2n) is 9.00. The molecule has 1 aromatic heterocycles. The molecule has 0 aliphatic heterocycles. The van der Waals surface area contributed by atoms with Gasteiger partial charge in [0, 0.05) is 5.92 Å². The minimum atomic E-state index is -0.000426. The summed E-state index contributed by atoms with van der Waals surface area (Å²) in [5, 5.41) is 12.9. The minimum Gasteiger partial charge on any atom is -0.349 e. The standard InChI is InChI=1S/C26H30N4OS/c1-18(22-14-11-20-9-5-6-10-23(20)15-22)27-24(31)17-32-26-29-28-25(21-12-13-21)30(26)16-19-7-3-2-4-8-19/h2-4,7-8,11,14-15,18,21H,5-6,9-10,12-13,16-17H2,1H3,(H,27,31)/t18-/m0/s1. The van der Waals surface area contributed by atoms with Crippen LogP contribution in [0.1, 0.15) is 72.6 Å². The molecule has 1 saturated carbocycles. The smallest absolute Gasteiger partial charge is 0.230 e. The average Bonchev–Trinajstić information content (AvgIpc) is 3.59. The van der Waals surface area contributed by atoms with Gasteiger partial charge >= 0.3 is 0 Å². The lowest BCUT2D eigenvalue weighted by Gasteiger charge is -2.20. The zero-order chi connectivity index (χ0) is 21.9. The van der Waals surface area contributed by atoms with E-state index in [9.17, 15) is 4.79 Å². The van der Waals surface area contributed by atoms with Gasteiger partial charge in [0.05, 0.1) is 18.3 Å². The molecule has 0 spiro atoms. The molecule has 0 radical (unpaired) electrons. The van der Waals surface area contributed by atoms with E-state index in [1.807, 2.05) is 6.07 Å². The third kappa shape index (κ3) is 4.90. The highest BCUT2D eigenvalue weighted by Crippen LogP contribution is 2.40. The third-order valence-electron chi connectivity index (χ3n) is 6.45. The number of rotatable bonds is 8. The van der Waals surface area contributed by atoms with Crippen LogP contribution in [0.3, 0.4) is 0 Å². The maximum absolute atomic E-state index is 12.7. The first-order valence-corrected chi connectivity index (χ1v) is 12.7. The van der Waals surface area contributed by atoms with Crippen molar-refractivity contribution in [3.63, 3.8) is 0 Å². The first-order chi connectivity index (χ1) is 15.7. The van der Waals surface area contributed by atoms with Crippen molar-refractivity contribution in [2.24, 2.45) is 0 Å². The number of amides is 1. The zero-order valence-electron chi connectivity index (χ0n) is 18.6. The molecule has 2 aliphatic carbocycles. The van der Waals surface area contributed by atoms with Gasteiger partial charge in [-0.2, -0.15) is 0 Å². The summed E-state index contributed by atoms with van der Waals surface area (Å²) in [4.78, 5) is 12.7. The SMILES string of the molecule is C[C@H](NC(=O)CSc1nnc(C2CC2)n1Cc1ccccc1)c1ccc2c(c1)CCCC2. The minimum absolute atomic E-state index is 0.000426. The van der Waals surface area contributed by atoms with E-state index in [2.05, 4.69) is 69.5 Å². The maximum Gasteiger partial charge on any atom is 0.230 e. The molecule has 5 rings (SSSR count). The Morgan fingerprint density at radius 1 is 1.09 bits per heavy atom. The Balaban J connectivity index is 1.22. The van der Waals surface area contributed by atoms with Crippen LogP contribution in [0.25, 0.3) is 0 Å². The summed E-state index contributed by atoms with van der Waals surface area (Å²) in [6.45, 7) is 2.81. The predicted molar refractivity (Wildman–Crippen MR) is 128 cm³/mol. The van der Waals surface area contributed by atoms with E-state index in [4.69, 9.17) is 0 Å². The van der Waals surface area contributed by atoms with Gasteiger partial charge in [-0.1, -0.05) is 60.3 Å². The Labute approximate surface area is 194 Å². The second kappa shape index (κ2) is 9.49. The van der Waals surface area contributed by atoms with Crippen molar-refractivity contribution in [3.05, 3.63) is 76.6 Å². The highest BCUT2D eigenvalue weighted by atomic mass is 32.2. The average molecular weight is 447 g/mol. The first-order valence-electron chi connectivity index (χ1n) is 11.7. The van der Waals surface area contributed by atoms with Gasteiger partial charge < -0.3 is 9.88 Å². The van der Waals surface area contributed by atoms with Crippen LogP contribution >= 0.6 is 11.8 Å². The van der Waals surface area contributed by atoms with E-state index >= 15 is 0 Å². The highest BCUT2D eigenvalue weighted by Gasteiger charge is 2.30. The molecular weight excluding hydrogens is 416 g/mol. The van der Waals surface area contributed by atoms with Crippen molar-refractivity contribution >= 4 is 17.7 Å². The number of nitrogens with zero attached hydrogens (tertiary/aromatic N) is 3. The second-order valence-corrected chi connectivity index (χ2v) is 9.94. The van der Waals surface area contributed by atoms with E-state index in [0.29, 0.717) is 11.7 Å². The predicted octanol–water partition coefficient (Wildman–Crippen LogP) is 5.05.